The van der Waals surface area contributed by atoms with Gasteiger partial charge in [0.1, 0.15) is 5.76 Å². The molecule has 0 amide bonds. The molecule has 1 heterocycles. The van der Waals surface area contributed by atoms with Gasteiger partial charge in [0.15, 0.2) is 11.5 Å². The maximum atomic E-state index is 7.00. The molecule has 0 aliphatic rings. The van der Waals surface area contributed by atoms with Crippen molar-refractivity contribution in [3.8, 4) is 0 Å². The Hall–Kier alpha value is -1.63. The van der Waals surface area contributed by atoms with E-state index >= 15 is 0 Å². The Labute approximate surface area is 88.5 Å². The fraction of sp³-hybridized carbons (Fsp3) is 0.222. The standard InChI is InChI=1S/C8H12N4O.CH4O/c1-5(13-10)6-3-7(11-2)8(9)12-4-6;1-2/h3-4,11H,1,10H2,2H3,(H2,9,12);2H,1H3/p+1. The molecule has 6 nitrogen and oxygen atoms in total. The highest BCUT2D eigenvalue weighted by molar-refractivity contribution is 5.63. The summed E-state index contributed by atoms with van der Waals surface area (Å²) in [4.78, 5) is 8.46. The smallest absolute Gasteiger partial charge is 0.185 e. The highest BCUT2D eigenvalue weighted by Crippen LogP contribution is 2.16. The number of rotatable bonds is 3. The van der Waals surface area contributed by atoms with Gasteiger partial charge in [-0.15, -0.1) is 0 Å². The average molecular weight is 213 g/mol. The number of pyridine rings is 1. The van der Waals surface area contributed by atoms with Crippen LogP contribution in [0.3, 0.4) is 0 Å². The van der Waals surface area contributed by atoms with Crippen LogP contribution in [0.25, 0.3) is 5.76 Å². The van der Waals surface area contributed by atoms with E-state index in [-0.39, 0.29) is 0 Å². The van der Waals surface area contributed by atoms with E-state index < -0.39 is 0 Å². The Kier molecular flexibility index (Phi) is 6.03. The molecule has 0 spiro atoms. The van der Waals surface area contributed by atoms with Crippen LogP contribution in [-0.2, 0) is 4.84 Å². The minimum atomic E-state index is 0.371. The van der Waals surface area contributed by atoms with Crippen molar-refractivity contribution in [2.45, 2.75) is 0 Å². The van der Waals surface area contributed by atoms with Crippen molar-refractivity contribution >= 4 is 17.3 Å². The molecule has 1 aromatic rings. The molecule has 0 saturated carbocycles. The molecule has 0 aliphatic heterocycles. The van der Waals surface area contributed by atoms with Crippen molar-refractivity contribution in [1.29, 1.82) is 0 Å². The Morgan fingerprint density at radius 3 is 2.67 bits per heavy atom. The second-order valence-corrected chi connectivity index (χ2v) is 2.53. The zero-order chi connectivity index (χ0) is 11.8. The molecule has 6 heteroatoms. The van der Waals surface area contributed by atoms with Crippen molar-refractivity contribution in [2.24, 2.45) is 5.90 Å². The normalized spacial score (nSPS) is 8.80. The second-order valence-electron chi connectivity index (χ2n) is 2.53. The van der Waals surface area contributed by atoms with Crippen LogP contribution in [-0.4, -0.2) is 24.2 Å². The summed E-state index contributed by atoms with van der Waals surface area (Å²) in [5, 5.41) is 8.86. The number of nitrogens with zero attached hydrogens (tertiary/aromatic N) is 1. The van der Waals surface area contributed by atoms with E-state index in [0.717, 1.165) is 18.4 Å². The summed E-state index contributed by atoms with van der Waals surface area (Å²) in [5.74, 6) is 5.82. The predicted octanol–water partition coefficient (Wildman–Crippen LogP) is -1.04. The fourth-order valence-electron chi connectivity index (χ4n) is 0.944. The summed E-state index contributed by atoms with van der Waals surface area (Å²) in [7, 11) is 2.88. The quantitative estimate of drug-likeness (QED) is 0.378. The van der Waals surface area contributed by atoms with Crippen LogP contribution >= 0.6 is 0 Å². The van der Waals surface area contributed by atoms with Gasteiger partial charge >= 0.3 is 0 Å². The van der Waals surface area contributed by atoms with Crippen molar-refractivity contribution in [3.63, 3.8) is 0 Å². The lowest BCUT2D eigenvalue weighted by Crippen LogP contribution is -2.73. The van der Waals surface area contributed by atoms with E-state index in [1.165, 1.54) is 0 Å². The van der Waals surface area contributed by atoms with E-state index in [1.54, 1.807) is 6.20 Å². The minimum absolute atomic E-state index is 0.371. The molecule has 0 radical (unpaired) electrons. The third kappa shape index (κ3) is 3.55. The zero-order valence-corrected chi connectivity index (χ0v) is 8.90. The first-order valence-electron chi connectivity index (χ1n) is 4.24. The van der Waals surface area contributed by atoms with E-state index in [2.05, 4.69) is 16.4 Å². The van der Waals surface area contributed by atoms with E-state index in [9.17, 15) is 0 Å². The molecular weight excluding hydrogens is 196 g/mol. The van der Waals surface area contributed by atoms with Crippen LogP contribution in [0.5, 0.6) is 0 Å². The first-order valence-corrected chi connectivity index (χ1v) is 4.24. The van der Waals surface area contributed by atoms with Crippen LogP contribution in [0.15, 0.2) is 18.8 Å². The van der Waals surface area contributed by atoms with E-state index in [0.29, 0.717) is 11.6 Å². The largest absolute Gasteiger partial charge is 0.411 e. The Morgan fingerprint density at radius 1 is 1.60 bits per heavy atom. The van der Waals surface area contributed by atoms with Crippen LogP contribution in [0.2, 0.25) is 0 Å². The number of hydrogen-bond donors (Lipinski definition) is 4. The summed E-state index contributed by atoms with van der Waals surface area (Å²) in [5.41, 5.74) is 7.17. The Morgan fingerprint density at radius 2 is 2.20 bits per heavy atom. The summed E-state index contributed by atoms with van der Waals surface area (Å²) in [6.07, 6.45) is 1.57. The van der Waals surface area contributed by atoms with Gasteiger partial charge in [-0.05, 0) is 0 Å². The van der Waals surface area contributed by atoms with Gasteiger partial charge < -0.3 is 21.0 Å². The predicted molar refractivity (Wildman–Crippen MR) is 58.6 cm³/mol. The summed E-state index contributed by atoms with van der Waals surface area (Å²) in [6, 6.07) is 1.82. The van der Waals surface area contributed by atoms with Gasteiger partial charge in [0.25, 0.3) is 0 Å². The lowest BCUT2D eigenvalue weighted by Gasteiger charge is -2.04. The van der Waals surface area contributed by atoms with Gasteiger partial charge in [-0.25, -0.2) is 4.98 Å². The maximum Gasteiger partial charge on any atom is 0.185 e. The van der Waals surface area contributed by atoms with Crippen LogP contribution in [0, 0.1) is 0 Å². The summed E-state index contributed by atoms with van der Waals surface area (Å²) < 4.78 is 0. The highest BCUT2D eigenvalue weighted by atomic mass is 16.6. The van der Waals surface area contributed by atoms with Gasteiger partial charge in [-0.1, -0.05) is 6.58 Å². The Bertz CT molecular complexity index is 328. The first kappa shape index (κ1) is 13.4. The van der Waals surface area contributed by atoms with E-state index in [4.69, 9.17) is 16.7 Å². The molecule has 1 rings (SSSR count). The first-order chi connectivity index (χ1) is 7.19. The van der Waals surface area contributed by atoms with E-state index in [1.807, 2.05) is 18.4 Å². The van der Waals surface area contributed by atoms with Crippen molar-refractivity contribution < 1.29 is 15.3 Å². The molecule has 0 fully saturated rings. The van der Waals surface area contributed by atoms with Crippen LogP contribution in [0.1, 0.15) is 5.56 Å². The monoisotopic (exact) mass is 213 g/mol. The number of nitrogens with two attached hydrogens (primary N) is 3. The maximum absolute atomic E-state index is 7.00. The van der Waals surface area contributed by atoms with Gasteiger partial charge in [0.2, 0.25) is 0 Å². The SMILES string of the molecule is C=C(ON)c1cnc(N)c([NH2+]C)c1.CO. The average Bonchev–Trinajstić information content (AvgIpc) is 2.31. The Balaban J connectivity index is 0.000000921. The molecule has 0 aromatic carbocycles. The molecule has 0 unspecified atom stereocenters. The third-order valence-electron chi connectivity index (χ3n) is 1.72. The molecule has 1 aromatic heterocycles. The molecular formula is C9H17N4O2+. The van der Waals surface area contributed by atoms with Crippen molar-refractivity contribution in [1.82, 2.24) is 4.98 Å². The minimum Gasteiger partial charge on any atom is -0.411 e. The number of aliphatic hydroxyl groups is 1. The van der Waals surface area contributed by atoms with Crippen LogP contribution in [0.4, 0.5) is 11.5 Å². The summed E-state index contributed by atoms with van der Waals surface area (Å²) in [6.45, 7) is 3.61. The molecule has 7 N–H and O–H groups in total. The fourth-order valence-corrected chi connectivity index (χ4v) is 0.944. The van der Waals surface area contributed by atoms with Gasteiger partial charge in [0, 0.05) is 24.9 Å². The number of quaternary nitrogens is 1. The number of aliphatic hydroxyl groups excluding tert-OH is 1. The molecule has 0 bridgehead atoms. The number of aromatic nitrogens is 1. The highest BCUT2D eigenvalue weighted by Gasteiger charge is 2.06. The van der Waals surface area contributed by atoms with Crippen molar-refractivity contribution in [2.75, 3.05) is 19.9 Å². The summed E-state index contributed by atoms with van der Waals surface area (Å²) >= 11 is 0. The number of nitrogen functional groups attached to an aromatic ring is 1. The topological polar surface area (TPSA) is 111 Å². The molecule has 0 saturated heterocycles. The lowest BCUT2D eigenvalue weighted by atomic mass is 10.2. The van der Waals surface area contributed by atoms with Gasteiger partial charge in [-0.3, -0.25) is 0 Å². The van der Waals surface area contributed by atoms with Gasteiger partial charge in [0.05, 0.1) is 7.05 Å². The number of hydrogen-bond acceptors (Lipinski definition) is 5. The third-order valence-corrected chi connectivity index (χ3v) is 1.72. The molecule has 0 aliphatic carbocycles. The molecule has 15 heavy (non-hydrogen) atoms. The number of anilines is 1. The van der Waals surface area contributed by atoms with Crippen LogP contribution < -0.4 is 16.9 Å². The molecule has 84 valence electrons. The molecule has 0 atom stereocenters. The zero-order valence-electron chi connectivity index (χ0n) is 8.90. The van der Waals surface area contributed by atoms with Crippen molar-refractivity contribution in [3.05, 3.63) is 24.4 Å². The lowest BCUT2D eigenvalue weighted by molar-refractivity contribution is -0.538. The second kappa shape index (κ2) is 6.77. The van der Waals surface area contributed by atoms with Gasteiger partial charge in [-0.2, -0.15) is 5.90 Å².